The summed E-state index contributed by atoms with van der Waals surface area (Å²) in [6.45, 7) is 0.369. The number of methoxy groups -OCH3 is 5. The van der Waals surface area contributed by atoms with Crippen molar-refractivity contribution in [2.45, 2.75) is 25.7 Å². The van der Waals surface area contributed by atoms with Crippen molar-refractivity contribution in [1.82, 2.24) is 0 Å². The molecule has 0 amide bonds. The van der Waals surface area contributed by atoms with Crippen LogP contribution in [0.2, 0.25) is 0 Å². The van der Waals surface area contributed by atoms with E-state index in [4.69, 9.17) is 47.4 Å². The molecule has 4 aromatic carbocycles. The fourth-order valence-electron chi connectivity index (χ4n) is 4.87. The van der Waals surface area contributed by atoms with Crippen LogP contribution in [-0.4, -0.2) is 62.7 Å². The summed E-state index contributed by atoms with van der Waals surface area (Å²) in [7, 11) is 7.92. The second-order valence-electron chi connectivity index (χ2n) is 10.7. The second kappa shape index (κ2) is 20.2. The van der Waals surface area contributed by atoms with Gasteiger partial charge in [-0.25, -0.2) is 0 Å². The average molecular weight is 807 g/mol. The van der Waals surface area contributed by atoms with E-state index in [0.29, 0.717) is 40.9 Å². The first-order chi connectivity index (χ1) is 23.9. The molecule has 0 aliphatic heterocycles. The zero-order chi connectivity index (χ0) is 35.0. The van der Waals surface area contributed by atoms with E-state index in [9.17, 15) is 0 Å². The summed E-state index contributed by atoms with van der Waals surface area (Å²) >= 11 is 7.34. The van der Waals surface area contributed by atoms with Crippen LogP contribution < -0.4 is 28.4 Å². The smallest absolute Gasteiger partial charge is 0.206 e. The van der Waals surface area contributed by atoms with E-state index in [1.807, 2.05) is 54.6 Å². The number of hydrogen-bond acceptors (Lipinski definition) is 10. The summed E-state index contributed by atoms with van der Waals surface area (Å²) in [6.07, 6.45) is 3.01. The quantitative estimate of drug-likeness (QED) is 0.0764. The molecule has 0 saturated carbocycles. The highest BCUT2D eigenvalue weighted by molar-refractivity contribution is 9.10. The molecule has 0 bridgehead atoms. The Morgan fingerprint density at radius 1 is 0.449 bits per heavy atom. The third kappa shape index (κ3) is 11.5. The first-order valence-corrected chi connectivity index (χ1v) is 17.0. The zero-order valence-electron chi connectivity index (χ0n) is 28.3. The first-order valence-electron chi connectivity index (χ1n) is 15.4. The molecule has 0 N–H and O–H groups in total. The molecule has 12 heteroatoms. The lowest BCUT2D eigenvalue weighted by atomic mass is 10.0. The zero-order valence-corrected chi connectivity index (χ0v) is 31.5. The van der Waals surface area contributed by atoms with Gasteiger partial charge in [0.25, 0.3) is 0 Å². The molecule has 264 valence electrons. The summed E-state index contributed by atoms with van der Waals surface area (Å²) in [5.74, 6) is 4.05. The van der Waals surface area contributed by atoms with Crippen LogP contribution in [0.15, 0.2) is 75.7 Å². The molecule has 0 spiro atoms. The van der Waals surface area contributed by atoms with Gasteiger partial charge in [0.2, 0.25) is 5.75 Å². The number of benzene rings is 4. The van der Waals surface area contributed by atoms with Crippen molar-refractivity contribution >= 4 is 31.9 Å². The van der Waals surface area contributed by atoms with Gasteiger partial charge in [0.05, 0.1) is 7.11 Å². The first kappa shape index (κ1) is 38.3. The summed E-state index contributed by atoms with van der Waals surface area (Å²) in [5.41, 5.74) is 4.32. The van der Waals surface area contributed by atoms with Crippen LogP contribution >= 0.6 is 31.9 Å². The van der Waals surface area contributed by atoms with Crippen molar-refractivity contribution in [3.8, 4) is 40.2 Å². The van der Waals surface area contributed by atoms with Gasteiger partial charge in [-0.05, 0) is 103 Å². The lowest BCUT2D eigenvalue weighted by Gasteiger charge is -2.18. The van der Waals surface area contributed by atoms with Gasteiger partial charge in [0.15, 0.2) is 50.2 Å². The minimum atomic E-state index is 0.0129. The normalized spacial score (nSPS) is 10.9. The van der Waals surface area contributed by atoms with E-state index >= 15 is 0 Å². The van der Waals surface area contributed by atoms with Crippen LogP contribution in [0.1, 0.15) is 22.3 Å². The van der Waals surface area contributed by atoms with Gasteiger partial charge in [0, 0.05) is 37.4 Å². The molecular formula is C37H42Br2O10. The van der Waals surface area contributed by atoms with E-state index in [2.05, 4.69) is 44.0 Å². The molecule has 10 nitrogen and oxygen atoms in total. The molecule has 0 heterocycles. The maximum Gasteiger partial charge on any atom is 0.206 e. The van der Waals surface area contributed by atoms with Crippen molar-refractivity contribution in [1.29, 1.82) is 0 Å². The van der Waals surface area contributed by atoms with Crippen LogP contribution in [0, 0.1) is 0 Å². The lowest BCUT2D eigenvalue weighted by molar-refractivity contribution is 0.0310. The highest BCUT2D eigenvalue weighted by atomic mass is 79.9. The number of ether oxygens (including phenoxy) is 10. The van der Waals surface area contributed by atoms with Crippen LogP contribution in [0.3, 0.4) is 0 Å². The summed E-state index contributed by atoms with van der Waals surface area (Å²) in [5, 5.41) is 0. The number of halogens is 2. The molecule has 0 saturated heterocycles. The van der Waals surface area contributed by atoms with Gasteiger partial charge >= 0.3 is 0 Å². The van der Waals surface area contributed by atoms with E-state index < -0.39 is 0 Å². The minimum absolute atomic E-state index is 0.0129. The van der Waals surface area contributed by atoms with Crippen LogP contribution in [0.4, 0.5) is 0 Å². The van der Waals surface area contributed by atoms with Crippen LogP contribution in [0.25, 0.3) is 0 Å². The Hall–Kier alpha value is -3.52. The molecule has 0 unspecified atom stereocenters. The summed E-state index contributed by atoms with van der Waals surface area (Å²) in [4.78, 5) is 0. The topological polar surface area (TPSA) is 92.3 Å². The van der Waals surface area contributed by atoms with E-state index in [-0.39, 0.29) is 27.2 Å². The largest absolute Gasteiger partial charge is 0.493 e. The SMILES string of the molecule is COCOc1ccc(Br)c(CCc2cc(OCOC)c(OCOC)c(Oc3ccc(CCc4cc(OC)c(OCOC)cc4Br)cc3)c2)c1. The molecule has 0 aromatic heterocycles. The molecule has 0 aliphatic carbocycles. The Balaban J connectivity index is 1.52. The van der Waals surface area contributed by atoms with Crippen molar-refractivity contribution < 1.29 is 47.4 Å². The molecule has 4 aromatic rings. The van der Waals surface area contributed by atoms with Crippen LogP contribution in [-0.2, 0) is 44.6 Å². The third-order valence-electron chi connectivity index (χ3n) is 7.28. The van der Waals surface area contributed by atoms with E-state index in [1.54, 1.807) is 35.5 Å². The lowest BCUT2D eigenvalue weighted by Crippen LogP contribution is -2.07. The van der Waals surface area contributed by atoms with Gasteiger partial charge in [-0.15, -0.1) is 0 Å². The average Bonchev–Trinajstić information content (AvgIpc) is 3.11. The fourth-order valence-corrected chi connectivity index (χ4v) is 5.84. The highest BCUT2D eigenvalue weighted by Crippen LogP contribution is 2.42. The minimum Gasteiger partial charge on any atom is -0.493 e. The van der Waals surface area contributed by atoms with E-state index in [1.165, 1.54) is 0 Å². The maximum atomic E-state index is 6.43. The summed E-state index contributed by atoms with van der Waals surface area (Å²) in [6, 6.07) is 21.6. The van der Waals surface area contributed by atoms with Crippen LogP contribution in [0.5, 0.6) is 40.2 Å². The molecule has 49 heavy (non-hydrogen) atoms. The fraction of sp³-hybridized carbons (Fsp3) is 0.351. The molecular weight excluding hydrogens is 764 g/mol. The molecule has 0 fully saturated rings. The van der Waals surface area contributed by atoms with Gasteiger partial charge < -0.3 is 47.4 Å². The Labute approximate surface area is 304 Å². The van der Waals surface area contributed by atoms with Gasteiger partial charge in [-0.2, -0.15) is 0 Å². The number of rotatable bonds is 21. The Kier molecular flexibility index (Phi) is 15.8. The third-order valence-corrected chi connectivity index (χ3v) is 8.79. The van der Waals surface area contributed by atoms with Crippen molar-refractivity contribution in [3.05, 3.63) is 97.9 Å². The van der Waals surface area contributed by atoms with Crippen molar-refractivity contribution in [2.24, 2.45) is 0 Å². The predicted molar refractivity (Wildman–Crippen MR) is 193 cm³/mol. The highest BCUT2D eigenvalue weighted by Gasteiger charge is 2.18. The van der Waals surface area contributed by atoms with Crippen molar-refractivity contribution in [3.63, 3.8) is 0 Å². The standard InChI is InChI=1S/C37H42Br2O10/c1-40-21-45-30-14-15-31(38)27(18-30)11-7-26-16-35(47-23-42-3)37(48-24-43-4)36(17-26)49-29-12-8-25(9-13-29)6-10-28-19-33(44-5)34(20-32(28)39)46-22-41-2/h8-9,12-20H,6-7,10-11,21-24H2,1-5H3. The van der Waals surface area contributed by atoms with Gasteiger partial charge in [-0.3, -0.25) is 0 Å². The molecule has 0 aliphatic rings. The molecule has 0 atom stereocenters. The number of hydrogen-bond donors (Lipinski definition) is 0. The van der Waals surface area contributed by atoms with Gasteiger partial charge in [0.1, 0.15) is 11.5 Å². The molecule has 4 rings (SSSR count). The Morgan fingerprint density at radius 3 is 1.69 bits per heavy atom. The maximum absolute atomic E-state index is 6.43. The van der Waals surface area contributed by atoms with Crippen molar-refractivity contribution in [2.75, 3.05) is 62.7 Å². The van der Waals surface area contributed by atoms with E-state index in [0.717, 1.165) is 56.2 Å². The molecule has 0 radical (unpaired) electrons. The Morgan fingerprint density at radius 2 is 1.02 bits per heavy atom. The van der Waals surface area contributed by atoms with Gasteiger partial charge in [-0.1, -0.05) is 44.0 Å². The second-order valence-corrected chi connectivity index (χ2v) is 12.4. The number of aryl methyl sites for hydroxylation is 4. The summed E-state index contributed by atoms with van der Waals surface area (Å²) < 4.78 is 57.5. The predicted octanol–water partition coefficient (Wildman–Crippen LogP) is 8.51. The monoisotopic (exact) mass is 804 g/mol. The Bertz CT molecular complexity index is 1610.